The molecule has 3 heterocycles. The van der Waals surface area contributed by atoms with Crippen molar-refractivity contribution in [1.82, 2.24) is 4.57 Å². The summed E-state index contributed by atoms with van der Waals surface area (Å²) in [6.07, 6.45) is 3.11. The Balaban J connectivity index is 1.20. The van der Waals surface area contributed by atoms with E-state index in [0.29, 0.717) is 0 Å². The lowest BCUT2D eigenvalue weighted by Crippen LogP contribution is -2.29. The minimum Gasteiger partial charge on any atom is -0.308 e. The van der Waals surface area contributed by atoms with Gasteiger partial charge in [0.25, 0.3) is 0 Å². The fraction of sp³-hybridized carbons (Fsp3) is 0.0377. The van der Waals surface area contributed by atoms with Gasteiger partial charge in [0.15, 0.2) is 0 Å². The van der Waals surface area contributed by atoms with Crippen LogP contribution in [0.2, 0.25) is 0 Å². The Hall–Kier alpha value is -7.23. The molecule has 1 unspecified atom stereocenters. The Morgan fingerprint density at radius 1 is 0.482 bits per heavy atom. The number of amidine groups is 1. The number of allylic oxidation sites excluding steroid dienone is 1. The molecule has 0 fully saturated rings. The van der Waals surface area contributed by atoms with Crippen molar-refractivity contribution in [2.24, 2.45) is 4.99 Å². The van der Waals surface area contributed by atoms with Crippen molar-refractivity contribution in [1.29, 1.82) is 0 Å². The van der Waals surface area contributed by atoms with E-state index in [9.17, 15) is 0 Å². The van der Waals surface area contributed by atoms with Crippen molar-refractivity contribution in [3.05, 3.63) is 217 Å². The molecule has 1 aromatic heterocycles. The zero-order valence-corrected chi connectivity index (χ0v) is 30.8. The second-order valence-electron chi connectivity index (χ2n) is 14.7. The van der Waals surface area contributed by atoms with E-state index in [1.54, 1.807) is 0 Å². The van der Waals surface area contributed by atoms with Crippen molar-refractivity contribution in [2.75, 3.05) is 4.90 Å². The SMILES string of the molecule is C1=C(c2ccccc2)N=C(N2c3ccccc3-c3c(n(-c4cc(-c5ccccc5)c5ccccc5c4)c4ccccc34)-c3ccccc32)CC1c1ccccc1. The van der Waals surface area contributed by atoms with Gasteiger partial charge in [-0.2, -0.15) is 0 Å². The molecule has 0 saturated carbocycles. The Morgan fingerprint density at radius 3 is 1.84 bits per heavy atom. The first-order chi connectivity index (χ1) is 27.8. The highest BCUT2D eigenvalue weighted by Gasteiger charge is 2.34. The topological polar surface area (TPSA) is 20.5 Å². The van der Waals surface area contributed by atoms with Crippen LogP contribution in [0.5, 0.6) is 0 Å². The van der Waals surface area contributed by atoms with Gasteiger partial charge >= 0.3 is 0 Å². The maximum Gasteiger partial charge on any atom is 0.115 e. The molecule has 264 valence electrons. The van der Waals surface area contributed by atoms with Crippen LogP contribution in [0.1, 0.15) is 23.5 Å². The van der Waals surface area contributed by atoms with Crippen LogP contribution in [0.3, 0.4) is 0 Å². The Bertz CT molecular complexity index is 2990. The quantitative estimate of drug-likeness (QED) is 0.178. The van der Waals surface area contributed by atoms with Gasteiger partial charge in [0.2, 0.25) is 0 Å². The Morgan fingerprint density at radius 2 is 1.07 bits per heavy atom. The smallest absolute Gasteiger partial charge is 0.115 e. The van der Waals surface area contributed by atoms with Crippen LogP contribution >= 0.6 is 0 Å². The predicted molar refractivity (Wildman–Crippen MR) is 235 cm³/mol. The van der Waals surface area contributed by atoms with Crippen molar-refractivity contribution in [3.8, 4) is 39.2 Å². The zero-order valence-electron chi connectivity index (χ0n) is 30.8. The van der Waals surface area contributed by atoms with Gasteiger partial charge in [0.05, 0.1) is 28.3 Å². The average molecular weight is 716 g/mol. The molecule has 0 saturated heterocycles. The van der Waals surface area contributed by atoms with Crippen molar-refractivity contribution in [2.45, 2.75) is 12.3 Å². The summed E-state index contributed by atoms with van der Waals surface area (Å²) in [5.74, 6) is 1.19. The maximum atomic E-state index is 5.56. The fourth-order valence-corrected chi connectivity index (χ4v) is 8.97. The molecule has 8 aromatic carbocycles. The van der Waals surface area contributed by atoms with E-state index in [0.717, 1.165) is 40.6 Å². The summed E-state index contributed by atoms with van der Waals surface area (Å²) in [5.41, 5.74) is 15.2. The normalized spacial score (nSPS) is 14.7. The van der Waals surface area contributed by atoms with Gasteiger partial charge in [0, 0.05) is 40.1 Å². The number of nitrogens with zero attached hydrogens (tertiary/aromatic N) is 3. The summed E-state index contributed by atoms with van der Waals surface area (Å²) < 4.78 is 2.51. The second-order valence-corrected chi connectivity index (χ2v) is 14.7. The minimum absolute atomic E-state index is 0.160. The molecule has 56 heavy (non-hydrogen) atoms. The van der Waals surface area contributed by atoms with Gasteiger partial charge in [-0.25, -0.2) is 4.99 Å². The van der Waals surface area contributed by atoms with Crippen LogP contribution in [0.4, 0.5) is 11.4 Å². The third kappa shape index (κ3) is 5.24. The summed E-state index contributed by atoms with van der Waals surface area (Å²) >= 11 is 0. The highest BCUT2D eigenvalue weighted by atomic mass is 15.2. The zero-order chi connectivity index (χ0) is 37.0. The third-order valence-corrected chi connectivity index (χ3v) is 11.4. The minimum atomic E-state index is 0.160. The molecular formula is C53H37N3. The number of anilines is 2. The predicted octanol–water partition coefficient (Wildman–Crippen LogP) is 13.9. The highest BCUT2D eigenvalue weighted by molar-refractivity contribution is 6.19. The Labute approximate surface area is 326 Å². The fourth-order valence-electron chi connectivity index (χ4n) is 8.97. The first-order valence-corrected chi connectivity index (χ1v) is 19.4. The Kier molecular flexibility index (Phi) is 7.63. The molecule has 0 spiro atoms. The standard InChI is InChI=1S/C53H37N3/c1-4-18-36(19-5-1)40-33-47(38-22-8-3-9-23-38)54-51(34-40)56-49-30-16-13-27-44(49)52-43-26-12-15-29-48(43)55(53(52)45-28-14-17-31-50(45)56)41-32-39-24-10-11-25-42(39)46(35-41)37-20-6-2-7-21-37/h1-33,35,40H,34H2. The van der Waals surface area contributed by atoms with Gasteiger partial charge in [0.1, 0.15) is 5.84 Å². The molecule has 3 heteroatoms. The lowest BCUT2D eigenvalue weighted by Gasteiger charge is -2.32. The van der Waals surface area contributed by atoms with E-state index in [2.05, 4.69) is 216 Å². The van der Waals surface area contributed by atoms with Gasteiger partial charge < -0.3 is 4.57 Å². The second kappa shape index (κ2) is 13.3. The summed E-state index contributed by atoms with van der Waals surface area (Å²) in [4.78, 5) is 8.01. The summed E-state index contributed by atoms with van der Waals surface area (Å²) in [5, 5.41) is 3.68. The number of benzene rings is 8. The summed E-state index contributed by atoms with van der Waals surface area (Å²) in [6, 6.07) is 72.5. The van der Waals surface area contributed by atoms with E-state index < -0.39 is 0 Å². The molecule has 0 bridgehead atoms. The summed E-state index contributed by atoms with van der Waals surface area (Å²) in [7, 11) is 0. The van der Waals surface area contributed by atoms with Crippen molar-refractivity contribution in [3.63, 3.8) is 0 Å². The van der Waals surface area contributed by atoms with Gasteiger partial charge in [-0.3, -0.25) is 4.90 Å². The van der Waals surface area contributed by atoms with Crippen molar-refractivity contribution < 1.29 is 0 Å². The molecule has 2 aliphatic rings. The molecule has 0 aliphatic carbocycles. The number of hydrogen-bond donors (Lipinski definition) is 0. The highest BCUT2D eigenvalue weighted by Crippen LogP contribution is 2.53. The molecule has 11 rings (SSSR count). The van der Waals surface area contributed by atoms with E-state index in [-0.39, 0.29) is 5.92 Å². The van der Waals surface area contributed by atoms with Gasteiger partial charge in [-0.15, -0.1) is 0 Å². The molecule has 0 radical (unpaired) electrons. The first kappa shape index (κ1) is 32.2. The van der Waals surface area contributed by atoms with Crippen LogP contribution < -0.4 is 4.90 Å². The molecule has 1 atom stereocenters. The van der Waals surface area contributed by atoms with Crippen LogP contribution in [0, 0.1) is 0 Å². The van der Waals surface area contributed by atoms with Gasteiger partial charge in [-0.05, 0) is 63.4 Å². The number of para-hydroxylation sites is 3. The molecule has 3 nitrogen and oxygen atoms in total. The van der Waals surface area contributed by atoms with Crippen LogP contribution in [-0.2, 0) is 0 Å². The number of fused-ring (bicyclic) bond motifs is 8. The van der Waals surface area contributed by atoms with Gasteiger partial charge in [-0.1, -0.05) is 176 Å². The molecule has 0 N–H and O–H groups in total. The number of aliphatic imine (C=N–C) groups is 1. The van der Waals surface area contributed by atoms with E-state index >= 15 is 0 Å². The number of rotatable bonds is 4. The average Bonchev–Trinajstić information content (AvgIpc) is 3.56. The lowest BCUT2D eigenvalue weighted by atomic mass is 9.90. The van der Waals surface area contributed by atoms with E-state index in [1.807, 2.05) is 0 Å². The van der Waals surface area contributed by atoms with Crippen molar-refractivity contribution >= 4 is 44.6 Å². The van der Waals surface area contributed by atoms with E-state index in [1.165, 1.54) is 60.8 Å². The van der Waals surface area contributed by atoms with Crippen LogP contribution in [0.15, 0.2) is 211 Å². The maximum absolute atomic E-state index is 5.56. The largest absolute Gasteiger partial charge is 0.308 e. The van der Waals surface area contributed by atoms with E-state index in [4.69, 9.17) is 4.99 Å². The monoisotopic (exact) mass is 715 g/mol. The van der Waals surface area contributed by atoms with Crippen LogP contribution in [0.25, 0.3) is 66.6 Å². The number of aromatic nitrogens is 1. The third-order valence-electron chi connectivity index (χ3n) is 11.4. The lowest BCUT2D eigenvalue weighted by molar-refractivity contribution is 0.868. The van der Waals surface area contributed by atoms with Crippen LogP contribution in [-0.4, -0.2) is 10.4 Å². The molecule has 0 amide bonds. The molecule has 9 aromatic rings. The first-order valence-electron chi connectivity index (χ1n) is 19.4. The summed E-state index contributed by atoms with van der Waals surface area (Å²) in [6.45, 7) is 0. The molecule has 2 aliphatic heterocycles. The molecular weight excluding hydrogens is 679 g/mol. The number of hydrogen-bond acceptors (Lipinski definition) is 2.